The van der Waals surface area contributed by atoms with E-state index in [1.54, 1.807) is 0 Å². The molecule has 0 unspecified atom stereocenters. The van der Waals surface area contributed by atoms with Gasteiger partial charge in [0.15, 0.2) is 0 Å². The molecule has 20 heavy (non-hydrogen) atoms. The van der Waals surface area contributed by atoms with Gasteiger partial charge in [0.05, 0.1) is 16.8 Å². The lowest BCUT2D eigenvalue weighted by Gasteiger charge is -2.33. The Kier molecular flexibility index (Phi) is 3.89. The third-order valence-corrected chi connectivity index (χ3v) is 3.46. The molecule has 0 bridgehead atoms. The van der Waals surface area contributed by atoms with Crippen LogP contribution in [0.1, 0.15) is 35.7 Å². The predicted molar refractivity (Wildman–Crippen MR) is 68.9 cm³/mol. The van der Waals surface area contributed by atoms with E-state index in [2.05, 4.69) is 17.7 Å². The van der Waals surface area contributed by atoms with E-state index in [0.717, 1.165) is 31.0 Å². The standard InChI is InChI=1S/C13H16F3N3O/c1-7-4-9(5-7)18-12(20)10-6-8(13(14,15)16)2-3-11(10)19-17/h2-3,6-7,9,19H,4-5,17H2,1H3,(H,18,20). The van der Waals surface area contributed by atoms with Crippen LogP contribution in [0, 0.1) is 5.92 Å². The number of halogens is 3. The first kappa shape index (κ1) is 14.6. The summed E-state index contributed by atoms with van der Waals surface area (Å²) in [5.74, 6) is 5.23. The Morgan fingerprint density at radius 3 is 2.50 bits per heavy atom. The van der Waals surface area contributed by atoms with E-state index < -0.39 is 17.6 Å². The van der Waals surface area contributed by atoms with Crippen molar-refractivity contribution in [1.82, 2.24) is 5.32 Å². The Labute approximate surface area is 114 Å². The number of nitrogen functional groups attached to an aromatic ring is 1. The smallest absolute Gasteiger partial charge is 0.349 e. The Balaban J connectivity index is 2.21. The van der Waals surface area contributed by atoms with Crippen LogP contribution >= 0.6 is 0 Å². The molecule has 1 aliphatic carbocycles. The summed E-state index contributed by atoms with van der Waals surface area (Å²) in [6.45, 7) is 2.06. The summed E-state index contributed by atoms with van der Waals surface area (Å²) < 4.78 is 38.0. The Bertz CT molecular complexity index is 510. The quantitative estimate of drug-likeness (QED) is 0.591. The van der Waals surface area contributed by atoms with E-state index in [1.807, 2.05) is 0 Å². The van der Waals surface area contributed by atoms with Gasteiger partial charge >= 0.3 is 6.18 Å². The van der Waals surface area contributed by atoms with Gasteiger partial charge in [0.25, 0.3) is 5.91 Å². The number of carbonyl (C=O) groups is 1. The van der Waals surface area contributed by atoms with Crippen LogP contribution in [0.15, 0.2) is 18.2 Å². The van der Waals surface area contributed by atoms with Crippen LogP contribution in [0.5, 0.6) is 0 Å². The maximum absolute atomic E-state index is 12.7. The third kappa shape index (κ3) is 3.04. The third-order valence-electron chi connectivity index (χ3n) is 3.46. The van der Waals surface area contributed by atoms with Crippen LogP contribution in [0.4, 0.5) is 18.9 Å². The van der Waals surface area contributed by atoms with Crippen molar-refractivity contribution in [3.8, 4) is 0 Å². The van der Waals surface area contributed by atoms with Crippen molar-refractivity contribution in [3.05, 3.63) is 29.3 Å². The second-order valence-electron chi connectivity index (χ2n) is 5.15. The molecule has 0 aromatic heterocycles. The number of hydrogen-bond acceptors (Lipinski definition) is 3. The molecule has 1 fully saturated rings. The molecular weight excluding hydrogens is 271 g/mol. The lowest BCUT2D eigenvalue weighted by molar-refractivity contribution is -0.137. The summed E-state index contributed by atoms with van der Waals surface area (Å²) in [7, 11) is 0. The molecule has 1 aliphatic rings. The molecule has 0 atom stereocenters. The van der Waals surface area contributed by atoms with Gasteiger partial charge in [-0.25, -0.2) is 0 Å². The van der Waals surface area contributed by atoms with Crippen molar-refractivity contribution in [2.75, 3.05) is 5.43 Å². The van der Waals surface area contributed by atoms with E-state index in [4.69, 9.17) is 5.84 Å². The first-order valence-corrected chi connectivity index (χ1v) is 6.30. The van der Waals surface area contributed by atoms with Crippen molar-refractivity contribution >= 4 is 11.6 Å². The zero-order chi connectivity index (χ0) is 14.9. The summed E-state index contributed by atoms with van der Waals surface area (Å²) in [5, 5.41) is 2.71. The molecule has 1 aromatic carbocycles. The first-order chi connectivity index (χ1) is 9.31. The number of nitrogens with two attached hydrogens (primary N) is 1. The first-order valence-electron chi connectivity index (χ1n) is 6.30. The summed E-state index contributed by atoms with van der Waals surface area (Å²) >= 11 is 0. The van der Waals surface area contributed by atoms with Gasteiger partial charge in [0.2, 0.25) is 0 Å². The highest BCUT2D eigenvalue weighted by Crippen LogP contribution is 2.32. The molecule has 4 N–H and O–H groups in total. The van der Waals surface area contributed by atoms with Crippen molar-refractivity contribution in [2.45, 2.75) is 32.0 Å². The van der Waals surface area contributed by atoms with Gasteiger partial charge in [0, 0.05) is 6.04 Å². The molecule has 1 saturated carbocycles. The van der Waals surface area contributed by atoms with Gasteiger partial charge < -0.3 is 10.7 Å². The van der Waals surface area contributed by atoms with Crippen molar-refractivity contribution in [2.24, 2.45) is 11.8 Å². The molecule has 1 aromatic rings. The number of benzene rings is 1. The van der Waals surface area contributed by atoms with Crippen LogP contribution in [-0.4, -0.2) is 11.9 Å². The minimum atomic E-state index is -4.49. The van der Waals surface area contributed by atoms with Gasteiger partial charge in [-0.3, -0.25) is 10.6 Å². The zero-order valence-electron chi connectivity index (χ0n) is 10.9. The fourth-order valence-electron chi connectivity index (χ4n) is 2.32. The number of anilines is 1. The molecule has 0 spiro atoms. The topological polar surface area (TPSA) is 67.2 Å². The van der Waals surface area contributed by atoms with E-state index in [9.17, 15) is 18.0 Å². The number of amides is 1. The van der Waals surface area contributed by atoms with E-state index >= 15 is 0 Å². The van der Waals surface area contributed by atoms with Crippen molar-refractivity contribution in [1.29, 1.82) is 0 Å². The van der Waals surface area contributed by atoms with Crippen LogP contribution in [0.3, 0.4) is 0 Å². The molecule has 0 aliphatic heterocycles. The van der Waals surface area contributed by atoms with Crippen LogP contribution < -0.4 is 16.6 Å². The lowest BCUT2D eigenvalue weighted by Crippen LogP contribution is -2.43. The molecule has 1 amide bonds. The van der Waals surface area contributed by atoms with Gasteiger partial charge in [0.1, 0.15) is 0 Å². The molecule has 4 nitrogen and oxygen atoms in total. The average Bonchev–Trinajstić information content (AvgIpc) is 2.35. The fraction of sp³-hybridized carbons (Fsp3) is 0.462. The Morgan fingerprint density at radius 2 is 2.00 bits per heavy atom. The Hall–Kier alpha value is -1.76. The van der Waals surface area contributed by atoms with Gasteiger partial charge in [-0.15, -0.1) is 0 Å². The summed E-state index contributed by atoms with van der Waals surface area (Å²) in [5.41, 5.74) is 1.45. The zero-order valence-corrected chi connectivity index (χ0v) is 10.9. The number of alkyl halides is 3. The molecule has 0 saturated heterocycles. The van der Waals surface area contributed by atoms with Gasteiger partial charge in [-0.1, -0.05) is 6.92 Å². The molecule has 7 heteroatoms. The van der Waals surface area contributed by atoms with E-state index in [0.29, 0.717) is 5.92 Å². The summed E-state index contributed by atoms with van der Waals surface area (Å²) in [4.78, 5) is 12.0. The molecular formula is C13H16F3N3O. The maximum Gasteiger partial charge on any atom is 0.416 e. The second kappa shape index (κ2) is 5.32. The number of rotatable bonds is 3. The highest BCUT2D eigenvalue weighted by molar-refractivity contribution is 6.00. The molecule has 2 rings (SSSR count). The molecule has 0 heterocycles. The average molecular weight is 287 g/mol. The number of nitrogens with one attached hydrogen (secondary N) is 2. The monoisotopic (exact) mass is 287 g/mol. The second-order valence-corrected chi connectivity index (χ2v) is 5.15. The SMILES string of the molecule is CC1CC(NC(=O)c2cc(C(F)(F)F)ccc2NN)C1. The maximum atomic E-state index is 12.7. The van der Waals surface area contributed by atoms with Crippen LogP contribution in [0.2, 0.25) is 0 Å². The van der Waals surface area contributed by atoms with Crippen LogP contribution in [-0.2, 0) is 6.18 Å². The van der Waals surface area contributed by atoms with Crippen molar-refractivity contribution < 1.29 is 18.0 Å². The largest absolute Gasteiger partial charge is 0.416 e. The van der Waals surface area contributed by atoms with Gasteiger partial charge in [-0.05, 0) is 37.0 Å². The number of hydrazine groups is 1. The summed E-state index contributed by atoms with van der Waals surface area (Å²) in [6.07, 6.45) is -2.81. The number of carbonyl (C=O) groups excluding carboxylic acids is 1. The van der Waals surface area contributed by atoms with E-state index in [1.165, 1.54) is 0 Å². The number of hydrogen-bond donors (Lipinski definition) is 3. The predicted octanol–water partition coefficient (Wildman–Crippen LogP) is 2.52. The Morgan fingerprint density at radius 1 is 1.35 bits per heavy atom. The molecule has 0 radical (unpaired) electrons. The minimum Gasteiger partial charge on any atom is -0.349 e. The van der Waals surface area contributed by atoms with Crippen LogP contribution in [0.25, 0.3) is 0 Å². The lowest BCUT2D eigenvalue weighted by atomic mass is 9.82. The summed E-state index contributed by atoms with van der Waals surface area (Å²) in [6, 6.07) is 2.88. The minimum absolute atomic E-state index is 0.0256. The van der Waals surface area contributed by atoms with Crippen molar-refractivity contribution in [3.63, 3.8) is 0 Å². The normalized spacial score (nSPS) is 22.1. The highest BCUT2D eigenvalue weighted by Gasteiger charge is 2.32. The highest BCUT2D eigenvalue weighted by atomic mass is 19.4. The van der Waals surface area contributed by atoms with E-state index in [-0.39, 0.29) is 17.3 Å². The molecule has 110 valence electrons. The fourth-order valence-corrected chi connectivity index (χ4v) is 2.32. The van der Waals surface area contributed by atoms with Gasteiger partial charge in [-0.2, -0.15) is 13.2 Å².